The van der Waals surface area contributed by atoms with Crippen LogP contribution in [-0.2, 0) is 6.42 Å². The molecular weight excluding hydrogens is 318 g/mol. The molecule has 1 saturated heterocycles. The summed E-state index contributed by atoms with van der Waals surface area (Å²) < 4.78 is 6.00. The Morgan fingerprint density at radius 2 is 1.73 bits per heavy atom. The van der Waals surface area contributed by atoms with Crippen LogP contribution in [0.5, 0.6) is 5.75 Å². The number of hydrogen-bond donors (Lipinski definition) is 0. The maximum Gasteiger partial charge on any atom is 0.119 e. The molecule has 0 aromatic heterocycles. The minimum absolute atomic E-state index is 0.339. The van der Waals surface area contributed by atoms with E-state index in [4.69, 9.17) is 4.74 Å². The van der Waals surface area contributed by atoms with Crippen LogP contribution in [0.4, 0.5) is 0 Å². The van der Waals surface area contributed by atoms with E-state index in [1.807, 2.05) is 0 Å². The molecule has 0 N–H and O–H groups in total. The van der Waals surface area contributed by atoms with Gasteiger partial charge in [-0.2, -0.15) is 0 Å². The molecule has 0 radical (unpaired) electrons. The molecule has 1 aromatic rings. The fraction of sp³-hybridized carbons (Fsp3) is 0.750. The molecule has 0 bridgehead atoms. The first-order valence-corrected chi connectivity index (χ1v) is 10.8. The van der Waals surface area contributed by atoms with E-state index >= 15 is 0 Å². The van der Waals surface area contributed by atoms with E-state index in [1.165, 1.54) is 57.3 Å². The van der Waals surface area contributed by atoms with Crippen molar-refractivity contribution in [1.29, 1.82) is 0 Å². The average Bonchev–Trinajstić information content (AvgIpc) is 2.56. The van der Waals surface area contributed by atoms with Crippen molar-refractivity contribution in [2.45, 2.75) is 73.1 Å². The number of benzene rings is 1. The number of ether oxygens (including phenoxy) is 1. The molecule has 26 heavy (non-hydrogen) atoms. The summed E-state index contributed by atoms with van der Waals surface area (Å²) in [7, 11) is 0. The van der Waals surface area contributed by atoms with Gasteiger partial charge in [0.1, 0.15) is 5.75 Å². The summed E-state index contributed by atoms with van der Waals surface area (Å²) in [6.07, 6.45) is 7.72. The van der Waals surface area contributed by atoms with E-state index in [-0.39, 0.29) is 0 Å². The summed E-state index contributed by atoms with van der Waals surface area (Å²) in [5.74, 6) is 2.71. The topological polar surface area (TPSA) is 12.5 Å². The van der Waals surface area contributed by atoms with Crippen LogP contribution < -0.4 is 4.74 Å². The third-order valence-corrected chi connectivity index (χ3v) is 5.42. The minimum atomic E-state index is 0.339. The summed E-state index contributed by atoms with van der Waals surface area (Å²) in [5, 5.41) is 0. The predicted octanol–water partition coefficient (Wildman–Crippen LogP) is 6.19. The monoisotopic (exact) mass is 359 g/mol. The van der Waals surface area contributed by atoms with E-state index in [0.717, 1.165) is 30.6 Å². The maximum atomic E-state index is 6.00. The summed E-state index contributed by atoms with van der Waals surface area (Å²) >= 11 is 0. The first-order valence-electron chi connectivity index (χ1n) is 10.8. The van der Waals surface area contributed by atoms with Gasteiger partial charge in [0.25, 0.3) is 0 Å². The molecule has 0 atom stereocenters. The summed E-state index contributed by atoms with van der Waals surface area (Å²) in [6.45, 7) is 16.2. The van der Waals surface area contributed by atoms with E-state index in [1.54, 1.807) is 0 Å². The Morgan fingerprint density at radius 1 is 1.08 bits per heavy atom. The van der Waals surface area contributed by atoms with Crippen molar-refractivity contribution >= 4 is 0 Å². The SMILES string of the molecule is CC(C)CCCN1CCC(CCOc2ccc(CC(C)(C)C)cc2)CC1. The van der Waals surface area contributed by atoms with Gasteiger partial charge in [0.05, 0.1) is 6.61 Å². The van der Waals surface area contributed by atoms with Crippen molar-refractivity contribution in [1.82, 2.24) is 4.90 Å². The lowest BCUT2D eigenvalue weighted by Crippen LogP contribution is -2.34. The number of hydrogen-bond acceptors (Lipinski definition) is 2. The fourth-order valence-corrected chi connectivity index (χ4v) is 3.88. The molecule has 0 saturated carbocycles. The van der Waals surface area contributed by atoms with Gasteiger partial charge in [-0.15, -0.1) is 0 Å². The van der Waals surface area contributed by atoms with Crippen LogP contribution in [0.2, 0.25) is 0 Å². The summed E-state index contributed by atoms with van der Waals surface area (Å²) in [6, 6.07) is 8.71. The third kappa shape index (κ3) is 8.58. The second-order valence-electron chi connectivity index (χ2n) is 9.84. The van der Waals surface area contributed by atoms with Gasteiger partial charge in [-0.05, 0) is 93.1 Å². The highest BCUT2D eigenvalue weighted by Crippen LogP contribution is 2.24. The lowest BCUT2D eigenvalue weighted by Gasteiger charge is -2.32. The zero-order chi connectivity index (χ0) is 19.0. The molecule has 0 amide bonds. The number of nitrogens with zero attached hydrogens (tertiary/aromatic N) is 1. The van der Waals surface area contributed by atoms with Crippen LogP contribution in [-0.4, -0.2) is 31.1 Å². The maximum absolute atomic E-state index is 6.00. The predicted molar refractivity (Wildman–Crippen MR) is 113 cm³/mol. The highest BCUT2D eigenvalue weighted by atomic mass is 16.5. The van der Waals surface area contributed by atoms with Crippen LogP contribution in [0.25, 0.3) is 0 Å². The average molecular weight is 360 g/mol. The molecule has 2 rings (SSSR count). The Balaban J connectivity index is 1.60. The molecule has 148 valence electrons. The van der Waals surface area contributed by atoms with Crippen molar-refractivity contribution < 1.29 is 4.74 Å². The molecule has 2 nitrogen and oxygen atoms in total. The Kier molecular flexibility index (Phi) is 8.47. The molecule has 1 fully saturated rings. The molecule has 1 heterocycles. The number of likely N-dealkylation sites (tertiary alicyclic amines) is 1. The highest BCUT2D eigenvalue weighted by molar-refractivity contribution is 5.27. The normalized spacial score (nSPS) is 17.0. The second kappa shape index (κ2) is 10.3. The van der Waals surface area contributed by atoms with Crippen molar-refractivity contribution in [3.05, 3.63) is 29.8 Å². The number of piperidine rings is 1. The van der Waals surface area contributed by atoms with Gasteiger partial charge in [-0.3, -0.25) is 0 Å². The zero-order valence-corrected chi connectivity index (χ0v) is 17.9. The summed E-state index contributed by atoms with van der Waals surface area (Å²) in [5.41, 5.74) is 1.74. The number of rotatable bonds is 9. The first kappa shape index (κ1) is 21.3. The van der Waals surface area contributed by atoms with E-state index in [0.29, 0.717) is 5.41 Å². The van der Waals surface area contributed by atoms with Crippen molar-refractivity contribution in [2.24, 2.45) is 17.3 Å². The molecule has 0 spiro atoms. The molecular formula is C24H41NO. The lowest BCUT2D eigenvalue weighted by atomic mass is 9.88. The molecule has 1 aliphatic rings. The van der Waals surface area contributed by atoms with Crippen molar-refractivity contribution in [3.63, 3.8) is 0 Å². The minimum Gasteiger partial charge on any atom is -0.494 e. The quantitative estimate of drug-likeness (QED) is 0.521. The van der Waals surface area contributed by atoms with Gasteiger partial charge >= 0.3 is 0 Å². The second-order valence-corrected chi connectivity index (χ2v) is 9.84. The van der Waals surface area contributed by atoms with Gasteiger partial charge in [0.2, 0.25) is 0 Å². The third-order valence-electron chi connectivity index (χ3n) is 5.42. The van der Waals surface area contributed by atoms with Crippen molar-refractivity contribution in [3.8, 4) is 5.75 Å². The highest BCUT2D eigenvalue weighted by Gasteiger charge is 2.19. The zero-order valence-electron chi connectivity index (χ0n) is 17.9. The largest absolute Gasteiger partial charge is 0.494 e. The Bertz CT molecular complexity index is 492. The van der Waals surface area contributed by atoms with Crippen LogP contribution in [0.1, 0.15) is 72.3 Å². The molecule has 1 aliphatic heterocycles. The van der Waals surface area contributed by atoms with Crippen LogP contribution in [0.3, 0.4) is 0 Å². The molecule has 2 heteroatoms. The van der Waals surface area contributed by atoms with Gasteiger partial charge < -0.3 is 9.64 Å². The molecule has 0 unspecified atom stereocenters. The fourth-order valence-electron chi connectivity index (χ4n) is 3.88. The van der Waals surface area contributed by atoms with E-state index in [2.05, 4.69) is 63.8 Å². The smallest absolute Gasteiger partial charge is 0.119 e. The Hall–Kier alpha value is -1.02. The standard InChI is InChI=1S/C24H41NO/c1-20(2)7-6-15-25-16-12-21(13-17-25)14-18-26-23-10-8-22(9-11-23)19-24(3,4)5/h8-11,20-21H,6-7,12-19H2,1-5H3. The van der Waals surface area contributed by atoms with Gasteiger partial charge in [0, 0.05) is 0 Å². The van der Waals surface area contributed by atoms with Crippen molar-refractivity contribution in [2.75, 3.05) is 26.2 Å². The summed E-state index contributed by atoms with van der Waals surface area (Å²) in [4.78, 5) is 2.66. The Labute approximate surface area is 162 Å². The van der Waals surface area contributed by atoms with Crippen LogP contribution in [0.15, 0.2) is 24.3 Å². The van der Waals surface area contributed by atoms with Crippen LogP contribution >= 0.6 is 0 Å². The van der Waals surface area contributed by atoms with Gasteiger partial charge in [-0.1, -0.05) is 46.8 Å². The molecule has 0 aliphatic carbocycles. The van der Waals surface area contributed by atoms with Gasteiger partial charge in [0.15, 0.2) is 0 Å². The Morgan fingerprint density at radius 3 is 2.31 bits per heavy atom. The first-order chi connectivity index (χ1) is 12.3. The molecule has 1 aromatic carbocycles. The van der Waals surface area contributed by atoms with E-state index < -0.39 is 0 Å². The van der Waals surface area contributed by atoms with Crippen LogP contribution in [0, 0.1) is 17.3 Å². The van der Waals surface area contributed by atoms with Gasteiger partial charge in [-0.25, -0.2) is 0 Å². The van der Waals surface area contributed by atoms with E-state index in [9.17, 15) is 0 Å². The lowest BCUT2D eigenvalue weighted by molar-refractivity contribution is 0.160.